The van der Waals surface area contributed by atoms with E-state index in [0.717, 1.165) is 19.3 Å². The van der Waals surface area contributed by atoms with Crippen molar-refractivity contribution in [2.45, 2.75) is 64.6 Å². The fourth-order valence-electron chi connectivity index (χ4n) is 2.06. The maximum Gasteiger partial charge on any atom is 0.326 e. The van der Waals surface area contributed by atoms with Crippen molar-refractivity contribution in [2.75, 3.05) is 6.61 Å². The quantitative estimate of drug-likeness (QED) is 0.685. The first-order chi connectivity index (χ1) is 7.92. The lowest BCUT2D eigenvalue weighted by atomic mass is 9.93. The number of carbonyl (C=O) groups is 1. The fourth-order valence-corrected chi connectivity index (χ4v) is 2.06. The van der Waals surface area contributed by atoms with Crippen LogP contribution in [0.15, 0.2) is 0 Å². The average Bonchev–Trinajstić information content (AvgIpc) is 3.06. The summed E-state index contributed by atoms with van der Waals surface area (Å²) in [7, 11) is 0. The maximum atomic E-state index is 11.6. The third kappa shape index (κ3) is 3.68. The highest BCUT2D eigenvalue weighted by molar-refractivity contribution is 5.80. The van der Waals surface area contributed by atoms with E-state index in [0.29, 0.717) is 0 Å². The highest BCUT2D eigenvalue weighted by Crippen LogP contribution is 2.40. The Morgan fingerprint density at radius 1 is 1.47 bits per heavy atom. The third-order valence-electron chi connectivity index (χ3n) is 3.37. The van der Waals surface area contributed by atoms with Crippen molar-refractivity contribution in [2.24, 2.45) is 5.92 Å². The molecule has 0 aromatic heterocycles. The molecule has 0 saturated heterocycles. The van der Waals surface area contributed by atoms with Gasteiger partial charge in [0.1, 0.15) is 5.54 Å². The molecule has 100 valence electrons. The third-order valence-corrected chi connectivity index (χ3v) is 3.37. The number of aliphatic carboxylic acids is 1. The second-order valence-corrected chi connectivity index (χ2v) is 5.38. The molecule has 1 fully saturated rings. The fraction of sp³-hybridized carbons (Fsp3) is 0.923. The molecule has 1 rings (SSSR count). The number of nitrogens with one attached hydrogen (secondary N) is 1. The zero-order valence-electron chi connectivity index (χ0n) is 11.3. The summed E-state index contributed by atoms with van der Waals surface area (Å²) in [4.78, 5) is 11.6. The minimum Gasteiger partial charge on any atom is -0.480 e. The Balaban J connectivity index is 2.72. The molecular formula is C13H25NO3. The first-order valence-electron chi connectivity index (χ1n) is 6.55. The first-order valence-corrected chi connectivity index (χ1v) is 6.55. The van der Waals surface area contributed by atoms with Crippen molar-refractivity contribution in [3.05, 3.63) is 0 Å². The van der Waals surface area contributed by atoms with Crippen LogP contribution >= 0.6 is 0 Å². The zero-order valence-corrected chi connectivity index (χ0v) is 11.3. The molecular weight excluding hydrogens is 218 g/mol. The molecule has 2 N–H and O–H groups in total. The molecule has 0 bridgehead atoms. The molecule has 0 aromatic carbocycles. The lowest BCUT2D eigenvalue weighted by Gasteiger charge is -2.33. The van der Waals surface area contributed by atoms with Gasteiger partial charge in [-0.05, 0) is 46.0 Å². The van der Waals surface area contributed by atoms with Gasteiger partial charge >= 0.3 is 5.97 Å². The van der Waals surface area contributed by atoms with E-state index in [1.165, 1.54) is 0 Å². The van der Waals surface area contributed by atoms with E-state index in [2.05, 4.69) is 5.32 Å². The number of ether oxygens (including phenoxy) is 1. The van der Waals surface area contributed by atoms with Crippen molar-refractivity contribution < 1.29 is 14.6 Å². The normalized spacial score (nSPS) is 21.2. The van der Waals surface area contributed by atoms with Crippen LogP contribution in [-0.2, 0) is 9.53 Å². The molecule has 2 atom stereocenters. The zero-order chi connectivity index (χ0) is 13.1. The molecule has 1 saturated carbocycles. The van der Waals surface area contributed by atoms with Gasteiger partial charge in [0.15, 0.2) is 0 Å². The van der Waals surface area contributed by atoms with Gasteiger partial charge in [-0.15, -0.1) is 0 Å². The Labute approximate surface area is 104 Å². The summed E-state index contributed by atoms with van der Waals surface area (Å²) in [6, 6.07) is 0.146. The van der Waals surface area contributed by atoms with Crippen LogP contribution in [0, 0.1) is 5.92 Å². The van der Waals surface area contributed by atoms with Crippen molar-refractivity contribution in [1.29, 1.82) is 0 Å². The summed E-state index contributed by atoms with van der Waals surface area (Å²) < 4.78 is 5.68. The van der Waals surface area contributed by atoms with Crippen LogP contribution in [0.5, 0.6) is 0 Å². The largest absolute Gasteiger partial charge is 0.480 e. The molecule has 0 heterocycles. The van der Waals surface area contributed by atoms with E-state index in [-0.39, 0.29) is 24.7 Å². The molecule has 0 radical (unpaired) electrons. The van der Waals surface area contributed by atoms with Gasteiger partial charge in [-0.25, -0.2) is 0 Å². The number of hydrogen-bond donors (Lipinski definition) is 2. The highest BCUT2D eigenvalue weighted by atomic mass is 16.5. The molecule has 0 amide bonds. The van der Waals surface area contributed by atoms with Gasteiger partial charge in [-0.1, -0.05) is 6.92 Å². The molecule has 1 aliphatic rings. The van der Waals surface area contributed by atoms with Crippen LogP contribution < -0.4 is 5.32 Å². The Morgan fingerprint density at radius 3 is 2.41 bits per heavy atom. The Hall–Kier alpha value is -0.610. The first kappa shape index (κ1) is 14.5. The summed E-state index contributed by atoms with van der Waals surface area (Å²) in [5.74, 6) is -0.566. The summed E-state index contributed by atoms with van der Waals surface area (Å²) in [5, 5.41) is 12.7. The minimum absolute atomic E-state index is 0.112. The Kier molecular flexibility index (Phi) is 4.95. The van der Waals surface area contributed by atoms with Gasteiger partial charge in [0, 0.05) is 6.04 Å². The van der Waals surface area contributed by atoms with E-state index in [1.807, 2.05) is 27.7 Å². The van der Waals surface area contributed by atoms with Crippen molar-refractivity contribution in [3.8, 4) is 0 Å². The molecule has 0 spiro atoms. The molecule has 4 heteroatoms. The monoisotopic (exact) mass is 243 g/mol. The predicted octanol–water partition coefficient (Wildman–Crippen LogP) is 2.03. The molecule has 0 aromatic rings. The molecule has 2 unspecified atom stereocenters. The van der Waals surface area contributed by atoms with Gasteiger partial charge in [0.05, 0.1) is 12.7 Å². The van der Waals surface area contributed by atoms with Crippen molar-refractivity contribution in [3.63, 3.8) is 0 Å². The van der Waals surface area contributed by atoms with Crippen LogP contribution in [0.1, 0.15) is 47.0 Å². The molecule has 1 aliphatic carbocycles. The number of hydrogen-bond acceptors (Lipinski definition) is 3. The van der Waals surface area contributed by atoms with Crippen LogP contribution in [-0.4, -0.2) is 35.4 Å². The summed E-state index contributed by atoms with van der Waals surface area (Å²) in [6.45, 7) is 8.24. The summed E-state index contributed by atoms with van der Waals surface area (Å²) in [5.41, 5.74) is -0.891. The lowest BCUT2D eigenvalue weighted by Crippen LogP contribution is -2.60. The second-order valence-electron chi connectivity index (χ2n) is 5.38. The summed E-state index contributed by atoms with van der Waals surface area (Å²) >= 11 is 0. The second kappa shape index (κ2) is 5.83. The molecule has 17 heavy (non-hydrogen) atoms. The van der Waals surface area contributed by atoms with Crippen LogP contribution in [0.2, 0.25) is 0 Å². The Morgan fingerprint density at radius 2 is 2.06 bits per heavy atom. The van der Waals surface area contributed by atoms with E-state index in [1.54, 1.807) is 0 Å². The Bertz CT molecular complexity index is 263. The predicted molar refractivity (Wildman–Crippen MR) is 67.1 cm³/mol. The van der Waals surface area contributed by atoms with Crippen LogP contribution in [0.4, 0.5) is 0 Å². The van der Waals surface area contributed by atoms with E-state index in [9.17, 15) is 9.90 Å². The topological polar surface area (TPSA) is 58.6 Å². The van der Waals surface area contributed by atoms with Crippen molar-refractivity contribution >= 4 is 5.97 Å². The van der Waals surface area contributed by atoms with Gasteiger partial charge in [-0.2, -0.15) is 0 Å². The van der Waals surface area contributed by atoms with Gasteiger partial charge in [-0.3, -0.25) is 10.1 Å². The number of carboxylic acid groups (broad SMARTS) is 1. The van der Waals surface area contributed by atoms with E-state index < -0.39 is 11.5 Å². The average molecular weight is 243 g/mol. The van der Waals surface area contributed by atoms with Crippen molar-refractivity contribution in [1.82, 2.24) is 5.32 Å². The smallest absolute Gasteiger partial charge is 0.326 e. The lowest BCUT2D eigenvalue weighted by molar-refractivity contribution is -0.150. The van der Waals surface area contributed by atoms with Gasteiger partial charge in [0.2, 0.25) is 0 Å². The standard InChI is InChI=1S/C13H25NO3/c1-5-10(4)17-8-13(12(15)16,11-6-7-11)14-9(2)3/h9-11,14H,5-8H2,1-4H3,(H,15,16). The number of carboxylic acids is 1. The molecule has 4 nitrogen and oxygen atoms in total. The summed E-state index contributed by atoms with van der Waals surface area (Å²) in [6.07, 6.45) is 2.98. The number of rotatable bonds is 8. The minimum atomic E-state index is -0.891. The van der Waals surface area contributed by atoms with E-state index >= 15 is 0 Å². The SMILES string of the molecule is CCC(C)OCC(NC(C)C)(C(=O)O)C1CC1. The van der Waals surface area contributed by atoms with E-state index in [4.69, 9.17) is 4.74 Å². The van der Waals surface area contributed by atoms with Crippen LogP contribution in [0.3, 0.4) is 0 Å². The molecule has 0 aliphatic heterocycles. The van der Waals surface area contributed by atoms with Gasteiger partial charge in [0.25, 0.3) is 0 Å². The van der Waals surface area contributed by atoms with Gasteiger partial charge < -0.3 is 9.84 Å². The highest BCUT2D eigenvalue weighted by Gasteiger charge is 2.51. The maximum absolute atomic E-state index is 11.6. The van der Waals surface area contributed by atoms with Crippen LogP contribution in [0.25, 0.3) is 0 Å².